The molecule has 0 saturated carbocycles. The van der Waals surface area contributed by atoms with Crippen molar-refractivity contribution in [2.45, 2.75) is 6.42 Å². The molecule has 0 radical (unpaired) electrons. The zero-order valence-electron chi connectivity index (χ0n) is 10.9. The Morgan fingerprint density at radius 1 is 1.50 bits per heavy atom. The van der Waals surface area contributed by atoms with Gasteiger partial charge in [-0.2, -0.15) is 5.10 Å². The Morgan fingerprint density at radius 3 is 2.95 bits per heavy atom. The van der Waals surface area contributed by atoms with Gasteiger partial charge in [-0.05, 0) is 18.6 Å². The number of primary amides is 1. The van der Waals surface area contributed by atoms with E-state index in [9.17, 15) is 9.18 Å². The second kappa shape index (κ2) is 4.22. The van der Waals surface area contributed by atoms with Gasteiger partial charge in [-0.1, -0.05) is 0 Å². The minimum absolute atomic E-state index is 0.0531. The Bertz CT molecular complexity index is 722. The summed E-state index contributed by atoms with van der Waals surface area (Å²) in [5, 5.41) is 7.21. The normalized spacial score (nSPS) is 13.1. The predicted octanol–water partition coefficient (Wildman–Crippen LogP) is 0.875. The molecule has 5 N–H and O–H groups in total. The van der Waals surface area contributed by atoms with E-state index in [1.54, 1.807) is 19.2 Å². The molecule has 0 fully saturated rings. The molecule has 20 heavy (non-hydrogen) atoms. The summed E-state index contributed by atoms with van der Waals surface area (Å²) in [7, 11) is 1.58. The summed E-state index contributed by atoms with van der Waals surface area (Å²) in [4.78, 5) is 11.5. The quantitative estimate of drug-likeness (QED) is 0.757. The molecule has 0 spiro atoms. The lowest BCUT2D eigenvalue weighted by Crippen LogP contribution is -2.14. The number of hydrogen-bond donors (Lipinski definition) is 3. The molecule has 0 atom stereocenters. The number of rotatable bonds is 2. The number of fused-ring (bicyclic) bond motifs is 1. The third kappa shape index (κ3) is 1.63. The number of aromatic nitrogens is 2. The standard InChI is InChI=1S/C13H14FN5O/c1-19-12(15)9(13(16)20)11(18-19)7-2-3-8-6(10(7)14)4-5-17-8/h2-3,17H,4-5,15H2,1H3,(H2,16,20). The summed E-state index contributed by atoms with van der Waals surface area (Å²) in [6.07, 6.45) is 0.600. The number of halogens is 1. The highest BCUT2D eigenvalue weighted by atomic mass is 19.1. The molecule has 1 aliphatic rings. The van der Waals surface area contributed by atoms with Gasteiger partial charge in [0.1, 0.15) is 22.9 Å². The molecule has 104 valence electrons. The van der Waals surface area contributed by atoms with Crippen molar-refractivity contribution in [1.82, 2.24) is 9.78 Å². The first-order chi connectivity index (χ1) is 9.50. The number of nitrogens with two attached hydrogens (primary N) is 2. The maximum atomic E-state index is 14.6. The molecule has 7 heteroatoms. The Kier molecular flexibility index (Phi) is 2.63. The smallest absolute Gasteiger partial charge is 0.254 e. The minimum atomic E-state index is -0.719. The molecule has 2 heterocycles. The zero-order chi connectivity index (χ0) is 14.4. The van der Waals surface area contributed by atoms with Crippen molar-refractivity contribution >= 4 is 17.4 Å². The molecule has 1 amide bonds. The summed E-state index contributed by atoms with van der Waals surface area (Å²) < 4.78 is 15.9. The van der Waals surface area contributed by atoms with Crippen molar-refractivity contribution in [3.8, 4) is 11.3 Å². The Labute approximate surface area is 114 Å². The van der Waals surface area contributed by atoms with Crippen LogP contribution in [-0.2, 0) is 13.5 Å². The van der Waals surface area contributed by atoms with Gasteiger partial charge in [-0.15, -0.1) is 0 Å². The van der Waals surface area contributed by atoms with Crippen LogP contribution in [0.1, 0.15) is 15.9 Å². The third-order valence-corrected chi connectivity index (χ3v) is 3.53. The number of carbonyl (C=O) groups excluding carboxylic acids is 1. The highest BCUT2D eigenvalue weighted by molar-refractivity contribution is 6.03. The van der Waals surface area contributed by atoms with Gasteiger partial charge in [-0.25, -0.2) is 4.39 Å². The first-order valence-corrected chi connectivity index (χ1v) is 6.18. The summed E-state index contributed by atoms with van der Waals surface area (Å²) in [5.41, 5.74) is 12.9. The van der Waals surface area contributed by atoms with Crippen LogP contribution in [0.15, 0.2) is 12.1 Å². The van der Waals surface area contributed by atoms with Gasteiger partial charge in [0.15, 0.2) is 0 Å². The monoisotopic (exact) mass is 275 g/mol. The lowest BCUT2D eigenvalue weighted by atomic mass is 10.0. The third-order valence-electron chi connectivity index (χ3n) is 3.53. The van der Waals surface area contributed by atoms with Gasteiger partial charge in [0.25, 0.3) is 5.91 Å². The SMILES string of the molecule is Cn1nc(-c2ccc3c(c2F)CCN3)c(C(N)=O)c1N. The van der Waals surface area contributed by atoms with Crippen LogP contribution in [0, 0.1) is 5.82 Å². The van der Waals surface area contributed by atoms with Crippen LogP contribution in [0.5, 0.6) is 0 Å². The van der Waals surface area contributed by atoms with E-state index in [2.05, 4.69) is 10.4 Å². The van der Waals surface area contributed by atoms with Crippen molar-refractivity contribution in [3.63, 3.8) is 0 Å². The fourth-order valence-electron chi connectivity index (χ4n) is 2.50. The highest BCUT2D eigenvalue weighted by Crippen LogP contribution is 2.34. The van der Waals surface area contributed by atoms with Gasteiger partial charge in [0, 0.05) is 30.4 Å². The van der Waals surface area contributed by atoms with Gasteiger partial charge in [-0.3, -0.25) is 9.48 Å². The summed E-state index contributed by atoms with van der Waals surface area (Å²) in [6.45, 7) is 0.697. The topological polar surface area (TPSA) is 99.0 Å². The number of carbonyl (C=O) groups is 1. The number of nitrogens with one attached hydrogen (secondary N) is 1. The van der Waals surface area contributed by atoms with E-state index >= 15 is 0 Å². The van der Waals surface area contributed by atoms with E-state index in [0.717, 1.165) is 5.69 Å². The van der Waals surface area contributed by atoms with Crippen molar-refractivity contribution < 1.29 is 9.18 Å². The average Bonchev–Trinajstić information content (AvgIpc) is 2.96. The fourth-order valence-corrected chi connectivity index (χ4v) is 2.50. The van der Waals surface area contributed by atoms with E-state index in [-0.39, 0.29) is 28.5 Å². The van der Waals surface area contributed by atoms with Gasteiger partial charge in [0.05, 0.1) is 0 Å². The molecule has 1 aliphatic heterocycles. The van der Waals surface area contributed by atoms with Crippen LogP contribution >= 0.6 is 0 Å². The van der Waals surface area contributed by atoms with Crippen LogP contribution < -0.4 is 16.8 Å². The molecule has 0 aliphatic carbocycles. The van der Waals surface area contributed by atoms with Crippen molar-refractivity contribution in [2.24, 2.45) is 12.8 Å². The van der Waals surface area contributed by atoms with Crippen LogP contribution in [0.3, 0.4) is 0 Å². The predicted molar refractivity (Wildman–Crippen MR) is 73.7 cm³/mol. The molecule has 0 unspecified atom stereocenters. The van der Waals surface area contributed by atoms with E-state index in [1.807, 2.05) is 0 Å². The first kappa shape index (κ1) is 12.5. The van der Waals surface area contributed by atoms with Gasteiger partial charge >= 0.3 is 0 Å². The fraction of sp³-hybridized carbons (Fsp3) is 0.231. The second-order valence-electron chi connectivity index (χ2n) is 4.73. The molecular formula is C13H14FN5O. The summed E-state index contributed by atoms with van der Waals surface area (Å²) >= 11 is 0. The van der Waals surface area contributed by atoms with Crippen LogP contribution in [0.2, 0.25) is 0 Å². The number of aryl methyl sites for hydroxylation is 1. The number of anilines is 2. The second-order valence-corrected chi connectivity index (χ2v) is 4.73. The Hall–Kier alpha value is -2.57. The van der Waals surface area contributed by atoms with Crippen molar-refractivity contribution in [1.29, 1.82) is 0 Å². The maximum absolute atomic E-state index is 14.6. The van der Waals surface area contributed by atoms with Crippen LogP contribution in [0.25, 0.3) is 11.3 Å². The molecule has 2 aromatic rings. The zero-order valence-corrected chi connectivity index (χ0v) is 10.9. The van der Waals surface area contributed by atoms with Gasteiger partial charge in [0.2, 0.25) is 0 Å². The molecule has 1 aromatic carbocycles. The van der Waals surface area contributed by atoms with E-state index in [4.69, 9.17) is 11.5 Å². The highest BCUT2D eigenvalue weighted by Gasteiger charge is 2.25. The summed E-state index contributed by atoms with van der Waals surface area (Å²) in [5.74, 6) is -0.970. The number of amides is 1. The number of nitrogens with zero attached hydrogens (tertiary/aromatic N) is 2. The summed E-state index contributed by atoms with van der Waals surface area (Å²) in [6, 6.07) is 3.36. The average molecular weight is 275 g/mol. The van der Waals surface area contributed by atoms with E-state index < -0.39 is 5.91 Å². The molecule has 6 nitrogen and oxygen atoms in total. The van der Waals surface area contributed by atoms with E-state index in [0.29, 0.717) is 18.5 Å². The Morgan fingerprint density at radius 2 is 2.25 bits per heavy atom. The minimum Gasteiger partial charge on any atom is -0.384 e. The number of hydrogen-bond acceptors (Lipinski definition) is 4. The largest absolute Gasteiger partial charge is 0.384 e. The van der Waals surface area contributed by atoms with Crippen LogP contribution in [0.4, 0.5) is 15.9 Å². The Balaban J connectivity index is 2.25. The molecular weight excluding hydrogens is 261 g/mol. The van der Waals surface area contributed by atoms with Gasteiger partial charge < -0.3 is 16.8 Å². The molecule has 3 rings (SSSR count). The number of nitrogen functional groups attached to an aromatic ring is 1. The number of benzene rings is 1. The lowest BCUT2D eigenvalue weighted by Gasteiger charge is -2.06. The molecule has 0 bridgehead atoms. The van der Waals surface area contributed by atoms with Crippen molar-refractivity contribution in [3.05, 3.63) is 29.1 Å². The van der Waals surface area contributed by atoms with Crippen LogP contribution in [-0.4, -0.2) is 22.2 Å². The molecule has 1 aromatic heterocycles. The van der Waals surface area contributed by atoms with E-state index in [1.165, 1.54) is 4.68 Å². The maximum Gasteiger partial charge on any atom is 0.254 e. The van der Waals surface area contributed by atoms with Crippen molar-refractivity contribution in [2.75, 3.05) is 17.6 Å². The molecule has 0 saturated heterocycles. The lowest BCUT2D eigenvalue weighted by molar-refractivity contribution is 0.100. The first-order valence-electron chi connectivity index (χ1n) is 6.18.